The molecule has 1 fully saturated rings. The maximum Gasteiger partial charge on any atom is 0.0110 e. The van der Waals surface area contributed by atoms with E-state index in [1.165, 1.54) is 45.3 Å². The Labute approximate surface area is 108 Å². The van der Waals surface area contributed by atoms with Gasteiger partial charge in [0.15, 0.2) is 0 Å². The van der Waals surface area contributed by atoms with Crippen LogP contribution in [0.1, 0.15) is 53.4 Å². The zero-order valence-electron chi connectivity index (χ0n) is 12.3. The summed E-state index contributed by atoms with van der Waals surface area (Å²) in [5, 5.41) is 3.64. The molecule has 1 N–H and O–H groups in total. The lowest BCUT2D eigenvalue weighted by atomic mass is 10.1. The normalized spacial score (nSPS) is 17.8. The van der Waals surface area contributed by atoms with E-state index in [4.69, 9.17) is 0 Å². The van der Waals surface area contributed by atoms with Crippen molar-refractivity contribution in [3.8, 4) is 0 Å². The molecule has 0 saturated heterocycles. The quantitative estimate of drug-likeness (QED) is 0.656. The Morgan fingerprint density at radius 3 is 2.29 bits per heavy atom. The molecule has 0 aromatic carbocycles. The zero-order chi connectivity index (χ0) is 12.7. The van der Waals surface area contributed by atoms with Gasteiger partial charge in [0.05, 0.1) is 0 Å². The molecule has 0 bridgehead atoms. The molecule has 2 nitrogen and oxygen atoms in total. The van der Waals surface area contributed by atoms with Crippen molar-refractivity contribution >= 4 is 0 Å². The first-order chi connectivity index (χ1) is 8.09. The molecule has 1 aliphatic carbocycles. The molecule has 17 heavy (non-hydrogen) atoms. The summed E-state index contributed by atoms with van der Waals surface area (Å²) in [6, 6.07) is 0.672. The van der Waals surface area contributed by atoms with Gasteiger partial charge in [-0.05, 0) is 45.1 Å². The van der Waals surface area contributed by atoms with Gasteiger partial charge in [-0.3, -0.25) is 4.90 Å². The molecule has 0 heterocycles. The highest BCUT2D eigenvalue weighted by Gasteiger charge is 2.15. The Hall–Kier alpha value is -0.0800. The van der Waals surface area contributed by atoms with Crippen LogP contribution in [0.2, 0.25) is 0 Å². The van der Waals surface area contributed by atoms with Crippen LogP contribution in [-0.2, 0) is 0 Å². The van der Waals surface area contributed by atoms with Crippen molar-refractivity contribution in [3.63, 3.8) is 0 Å². The maximum absolute atomic E-state index is 3.64. The molecule has 0 unspecified atom stereocenters. The van der Waals surface area contributed by atoms with Crippen LogP contribution in [0.5, 0.6) is 0 Å². The van der Waals surface area contributed by atoms with Crippen molar-refractivity contribution in [3.05, 3.63) is 0 Å². The summed E-state index contributed by atoms with van der Waals surface area (Å²) in [7, 11) is 0. The molecule has 0 spiro atoms. The molecule has 0 amide bonds. The average Bonchev–Trinajstić information content (AvgIpc) is 2.74. The number of nitrogens with one attached hydrogen (secondary N) is 1. The largest absolute Gasteiger partial charge is 0.315 e. The van der Waals surface area contributed by atoms with Crippen LogP contribution in [0.15, 0.2) is 0 Å². The Balaban J connectivity index is 2.09. The van der Waals surface area contributed by atoms with Crippen molar-refractivity contribution in [2.24, 2.45) is 11.8 Å². The predicted octanol–water partition coefficient (Wildman–Crippen LogP) is 3.13. The van der Waals surface area contributed by atoms with Crippen LogP contribution in [0.4, 0.5) is 0 Å². The Morgan fingerprint density at radius 1 is 1.12 bits per heavy atom. The first-order valence-electron chi connectivity index (χ1n) is 7.54. The molecule has 0 aromatic rings. The lowest BCUT2D eigenvalue weighted by molar-refractivity contribution is 0.197. The molecule has 1 aliphatic rings. The van der Waals surface area contributed by atoms with Gasteiger partial charge in [0.2, 0.25) is 0 Å². The third kappa shape index (κ3) is 6.42. The van der Waals surface area contributed by atoms with Crippen LogP contribution in [0, 0.1) is 11.8 Å². The van der Waals surface area contributed by atoms with Crippen molar-refractivity contribution in [2.45, 2.75) is 59.4 Å². The third-order valence-electron chi connectivity index (χ3n) is 3.81. The second-order valence-electron chi connectivity index (χ2n) is 6.34. The van der Waals surface area contributed by atoms with Gasteiger partial charge in [-0.15, -0.1) is 0 Å². The monoisotopic (exact) mass is 240 g/mol. The molecule has 0 radical (unpaired) electrons. The maximum atomic E-state index is 3.64. The van der Waals surface area contributed by atoms with Gasteiger partial charge in [-0.25, -0.2) is 0 Å². The Kier molecular flexibility index (Phi) is 7.14. The predicted molar refractivity (Wildman–Crippen MR) is 76.4 cm³/mol. The van der Waals surface area contributed by atoms with E-state index in [0.717, 1.165) is 18.4 Å². The molecule has 1 rings (SSSR count). The first-order valence-corrected chi connectivity index (χ1v) is 7.54. The molecule has 1 saturated carbocycles. The molecule has 2 heteroatoms. The summed E-state index contributed by atoms with van der Waals surface area (Å²) in [5.74, 6) is 1.74. The minimum atomic E-state index is 0.672. The Morgan fingerprint density at radius 2 is 1.76 bits per heavy atom. The highest BCUT2D eigenvalue weighted by Crippen LogP contribution is 2.23. The summed E-state index contributed by atoms with van der Waals surface area (Å²) >= 11 is 0. The van der Waals surface area contributed by atoms with E-state index >= 15 is 0 Å². The fourth-order valence-corrected chi connectivity index (χ4v) is 2.77. The fraction of sp³-hybridized carbons (Fsp3) is 1.00. The van der Waals surface area contributed by atoms with Crippen molar-refractivity contribution in [1.82, 2.24) is 10.2 Å². The van der Waals surface area contributed by atoms with E-state index < -0.39 is 0 Å². The highest BCUT2D eigenvalue weighted by molar-refractivity contribution is 4.71. The standard InChI is InChI=1S/C15H32N2/c1-13(2)12-17(14(3)4)10-9-16-11-15-7-5-6-8-15/h13-16H,5-12H2,1-4H3. The fourth-order valence-electron chi connectivity index (χ4n) is 2.77. The smallest absolute Gasteiger partial charge is 0.0110 e. The van der Waals surface area contributed by atoms with Crippen LogP contribution in [0.25, 0.3) is 0 Å². The Bertz CT molecular complexity index is 183. The van der Waals surface area contributed by atoms with E-state index in [1.54, 1.807) is 0 Å². The summed E-state index contributed by atoms with van der Waals surface area (Å²) in [4.78, 5) is 2.59. The second-order valence-corrected chi connectivity index (χ2v) is 6.34. The summed E-state index contributed by atoms with van der Waals surface area (Å²) in [6.07, 6.45) is 5.81. The third-order valence-corrected chi connectivity index (χ3v) is 3.81. The van der Waals surface area contributed by atoms with Gasteiger partial charge >= 0.3 is 0 Å². The van der Waals surface area contributed by atoms with Gasteiger partial charge in [-0.2, -0.15) is 0 Å². The molecule has 0 aromatic heterocycles. The van der Waals surface area contributed by atoms with Gasteiger partial charge in [-0.1, -0.05) is 26.7 Å². The van der Waals surface area contributed by atoms with E-state index in [0.29, 0.717) is 6.04 Å². The van der Waals surface area contributed by atoms with Crippen molar-refractivity contribution in [2.75, 3.05) is 26.2 Å². The van der Waals surface area contributed by atoms with Crippen LogP contribution in [0.3, 0.4) is 0 Å². The van der Waals surface area contributed by atoms with E-state index in [2.05, 4.69) is 37.9 Å². The summed E-state index contributed by atoms with van der Waals surface area (Å²) in [5.41, 5.74) is 0. The van der Waals surface area contributed by atoms with Gasteiger partial charge in [0.25, 0.3) is 0 Å². The van der Waals surface area contributed by atoms with Gasteiger partial charge in [0, 0.05) is 25.7 Å². The zero-order valence-corrected chi connectivity index (χ0v) is 12.3. The molecular formula is C15H32N2. The topological polar surface area (TPSA) is 15.3 Å². The average molecular weight is 240 g/mol. The summed E-state index contributed by atoms with van der Waals surface area (Å²) in [6.45, 7) is 14.0. The highest BCUT2D eigenvalue weighted by atomic mass is 15.2. The number of hydrogen-bond donors (Lipinski definition) is 1. The molecule has 0 aliphatic heterocycles. The van der Waals surface area contributed by atoms with E-state index in [1.807, 2.05) is 0 Å². The number of hydrogen-bond acceptors (Lipinski definition) is 2. The van der Waals surface area contributed by atoms with Crippen LogP contribution in [-0.4, -0.2) is 37.1 Å². The van der Waals surface area contributed by atoms with Crippen LogP contribution < -0.4 is 5.32 Å². The van der Waals surface area contributed by atoms with E-state index in [-0.39, 0.29) is 0 Å². The SMILES string of the molecule is CC(C)CN(CCNCC1CCCC1)C(C)C. The molecule has 102 valence electrons. The second kappa shape index (κ2) is 8.10. The minimum absolute atomic E-state index is 0.672. The minimum Gasteiger partial charge on any atom is -0.315 e. The van der Waals surface area contributed by atoms with Crippen LogP contribution >= 0.6 is 0 Å². The lowest BCUT2D eigenvalue weighted by Crippen LogP contribution is -2.39. The van der Waals surface area contributed by atoms with Crippen molar-refractivity contribution < 1.29 is 0 Å². The number of rotatable bonds is 8. The van der Waals surface area contributed by atoms with Gasteiger partial charge < -0.3 is 5.32 Å². The molecular weight excluding hydrogens is 208 g/mol. The lowest BCUT2D eigenvalue weighted by Gasteiger charge is -2.28. The molecule has 0 atom stereocenters. The first kappa shape index (κ1) is 15.0. The van der Waals surface area contributed by atoms with Crippen molar-refractivity contribution in [1.29, 1.82) is 0 Å². The van der Waals surface area contributed by atoms with E-state index in [9.17, 15) is 0 Å². The van der Waals surface area contributed by atoms with Gasteiger partial charge in [0.1, 0.15) is 0 Å². The number of nitrogens with zero attached hydrogens (tertiary/aromatic N) is 1. The summed E-state index contributed by atoms with van der Waals surface area (Å²) < 4.78 is 0.